The number of rotatable bonds is 6. The van der Waals surface area contributed by atoms with Crippen molar-refractivity contribution < 1.29 is 4.74 Å². The van der Waals surface area contributed by atoms with E-state index >= 15 is 0 Å². The van der Waals surface area contributed by atoms with Crippen LogP contribution in [0.15, 0.2) is 44.7 Å². The van der Waals surface area contributed by atoms with Gasteiger partial charge in [0.05, 0.1) is 10.4 Å². The largest absolute Gasteiger partial charge is 0.366 e. The maximum Gasteiger partial charge on any atom is 0.107 e. The topological polar surface area (TPSA) is 35.2 Å². The summed E-state index contributed by atoms with van der Waals surface area (Å²) in [7, 11) is 0. The first kappa shape index (κ1) is 16.2. The Labute approximate surface area is 140 Å². The molecule has 1 heterocycles. The third-order valence-corrected chi connectivity index (χ3v) is 5.57. The van der Waals surface area contributed by atoms with Gasteiger partial charge in [0.2, 0.25) is 0 Å². The molecule has 0 spiro atoms. The SMILES string of the molecule is CCC(N)C(OCc1ccccc1Br)c1ccc(Br)s1. The van der Waals surface area contributed by atoms with Crippen molar-refractivity contribution in [2.45, 2.75) is 32.1 Å². The lowest BCUT2D eigenvalue weighted by Crippen LogP contribution is -2.29. The fraction of sp³-hybridized carbons (Fsp3) is 0.333. The van der Waals surface area contributed by atoms with Crippen molar-refractivity contribution in [3.8, 4) is 0 Å². The molecule has 0 bridgehead atoms. The van der Waals surface area contributed by atoms with E-state index in [-0.39, 0.29) is 12.1 Å². The zero-order valence-corrected chi connectivity index (χ0v) is 15.2. The van der Waals surface area contributed by atoms with Crippen LogP contribution >= 0.6 is 43.2 Å². The van der Waals surface area contributed by atoms with Crippen LogP contribution in [0.3, 0.4) is 0 Å². The van der Waals surface area contributed by atoms with Crippen molar-refractivity contribution in [1.82, 2.24) is 0 Å². The summed E-state index contributed by atoms with van der Waals surface area (Å²) < 4.78 is 8.26. The van der Waals surface area contributed by atoms with Crippen molar-refractivity contribution in [2.24, 2.45) is 5.73 Å². The van der Waals surface area contributed by atoms with Crippen LogP contribution in [0, 0.1) is 0 Å². The number of hydrogen-bond acceptors (Lipinski definition) is 3. The first-order valence-corrected chi connectivity index (χ1v) is 8.88. The van der Waals surface area contributed by atoms with Gasteiger partial charge < -0.3 is 10.5 Å². The van der Waals surface area contributed by atoms with E-state index in [1.165, 1.54) is 4.88 Å². The Morgan fingerprint density at radius 1 is 1.20 bits per heavy atom. The second-order valence-corrected chi connectivity index (χ2v) is 7.89. The number of nitrogens with two attached hydrogens (primary N) is 1. The van der Waals surface area contributed by atoms with E-state index in [9.17, 15) is 0 Å². The monoisotopic (exact) mass is 417 g/mol. The van der Waals surface area contributed by atoms with Crippen molar-refractivity contribution in [2.75, 3.05) is 0 Å². The van der Waals surface area contributed by atoms with Gasteiger partial charge in [0.25, 0.3) is 0 Å². The number of benzene rings is 1. The molecule has 0 aliphatic rings. The molecule has 0 amide bonds. The van der Waals surface area contributed by atoms with Crippen LogP contribution in [-0.4, -0.2) is 6.04 Å². The summed E-state index contributed by atoms with van der Waals surface area (Å²) in [6.45, 7) is 2.64. The molecule has 1 aromatic heterocycles. The molecule has 2 rings (SSSR count). The predicted octanol–water partition coefficient (Wildman–Crippen LogP) is 5.27. The van der Waals surface area contributed by atoms with Gasteiger partial charge in [-0.1, -0.05) is 41.1 Å². The molecule has 0 saturated heterocycles. The lowest BCUT2D eigenvalue weighted by molar-refractivity contribution is 0.0233. The van der Waals surface area contributed by atoms with Crippen LogP contribution in [0.1, 0.15) is 29.9 Å². The molecule has 0 aliphatic carbocycles. The molecule has 1 aromatic carbocycles. The number of ether oxygens (including phenoxy) is 1. The van der Waals surface area contributed by atoms with Crippen molar-refractivity contribution in [1.29, 1.82) is 0 Å². The van der Waals surface area contributed by atoms with Gasteiger partial charge in [-0.05, 0) is 46.1 Å². The maximum atomic E-state index is 6.22. The molecular formula is C15H17Br2NOS. The first-order chi connectivity index (χ1) is 9.61. The van der Waals surface area contributed by atoms with E-state index in [4.69, 9.17) is 10.5 Å². The summed E-state index contributed by atoms with van der Waals surface area (Å²) in [5, 5.41) is 0. The minimum Gasteiger partial charge on any atom is -0.366 e. The lowest BCUT2D eigenvalue weighted by Gasteiger charge is -2.22. The molecule has 2 N–H and O–H groups in total. The van der Waals surface area contributed by atoms with E-state index in [0.29, 0.717) is 6.61 Å². The third-order valence-electron chi connectivity index (χ3n) is 3.11. The summed E-state index contributed by atoms with van der Waals surface area (Å²) in [5.74, 6) is 0. The zero-order chi connectivity index (χ0) is 14.5. The fourth-order valence-corrected chi connectivity index (χ4v) is 3.86. The third kappa shape index (κ3) is 4.15. The molecule has 0 saturated carbocycles. The molecule has 20 heavy (non-hydrogen) atoms. The van der Waals surface area contributed by atoms with Gasteiger partial charge >= 0.3 is 0 Å². The molecule has 2 nitrogen and oxygen atoms in total. The number of hydrogen-bond donors (Lipinski definition) is 1. The fourth-order valence-electron chi connectivity index (χ4n) is 1.91. The van der Waals surface area contributed by atoms with Crippen LogP contribution in [-0.2, 0) is 11.3 Å². The minimum atomic E-state index is -0.0663. The summed E-state index contributed by atoms with van der Waals surface area (Å²) in [6.07, 6.45) is 0.819. The normalized spacial score (nSPS) is 14.2. The summed E-state index contributed by atoms with van der Waals surface area (Å²) >= 11 is 8.72. The number of halogens is 2. The first-order valence-electron chi connectivity index (χ1n) is 6.47. The minimum absolute atomic E-state index is 0.00281. The average molecular weight is 419 g/mol. The maximum absolute atomic E-state index is 6.22. The summed E-state index contributed by atoms with van der Waals surface area (Å²) in [6, 6.07) is 12.2. The summed E-state index contributed by atoms with van der Waals surface area (Å²) in [5.41, 5.74) is 7.35. The van der Waals surface area contributed by atoms with Gasteiger partial charge in [0, 0.05) is 15.4 Å². The van der Waals surface area contributed by atoms with Crippen molar-refractivity contribution >= 4 is 43.2 Å². The predicted molar refractivity (Wildman–Crippen MR) is 92.0 cm³/mol. The van der Waals surface area contributed by atoms with Gasteiger partial charge in [-0.15, -0.1) is 11.3 Å². The van der Waals surface area contributed by atoms with Gasteiger partial charge in [0.15, 0.2) is 0 Å². The average Bonchev–Trinajstić information content (AvgIpc) is 2.87. The number of thiophene rings is 1. The highest BCUT2D eigenvalue weighted by atomic mass is 79.9. The van der Waals surface area contributed by atoms with E-state index in [1.807, 2.05) is 24.3 Å². The van der Waals surface area contributed by atoms with Crippen molar-refractivity contribution in [3.63, 3.8) is 0 Å². The van der Waals surface area contributed by atoms with Gasteiger partial charge in [-0.3, -0.25) is 0 Å². The lowest BCUT2D eigenvalue weighted by atomic mass is 10.1. The molecule has 2 aromatic rings. The molecular weight excluding hydrogens is 402 g/mol. The molecule has 2 atom stereocenters. The van der Waals surface area contributed by atoms with Crippen LogP contribution in [0.5, 0.6) is 0 Å². The Kier molecular flexibility index (Phi) is 6.23. The smallest absolute Gasteiger partial charge is 0.107 e. The highest BCUT2D eigenvalue weighted by molar-refractivity contribution is 9.11. The Bertz CT molecular complexity index is 558. The van der Waals surface area contributed by atoms with Crippen LogP contribution in [0.25, 0.3) is 0 Å². The Morgan fingerprint density at radius 2 is 1.95 bits per heavy atom. The Balaban J connectivity index is 2.11. The molecule has 0 fully saturated rings. The molecule has 0 aliphatic heterocycles. The summed E-state index contributed by atoms with van der Waals surface area (Å²) in [4.78, 5) is 1.17. The Morgan fingerprint density at radius 3 is 2.55 bits per heavy atom. The van der Waals surface area contributed by atoms with Crippen molar-refractivity contribution in [3.05, 3.63) is 55.1 Å². The highest BCUT2D eigenvalue weighted by Gasteiger charge is 2.21. The molecule has 108 valence electrons. The van der Waals surface area contributed by atoms with Gasteiger partial charge in [-0.2, -0.15) is 0 Å². The van der Waals surface area contributed by atoms with E-state index in [0.717, 1.165) is 20.2 Å². The molecule has 2 unspecified atom stereocenters. The zero-order valence-electron chi connectivity index (χ0n) is 11.2. The second-order valence-electron chi connectivity index (χ2n) is 4.54. The quantitative estimate of drug-likeness (QED) is 0.693. The van der Waals surface area contributed by atoms with E-state index in [2.05, 4.69) is 50.9 Å². The highest BCUT2D eigenvalue weighted by Crippen LogP contribution is 2.32. The van der Waals surface area contributed by atoms with Crippen LogP contribution in [0.2, 0.25) is 0 Å². The standard InChI is InChI=1S/C15H17Br2NOS/c1-2-12(18)15(13-7-8-14(17)20-13)19-9-10-5-3-4-6-11(10)16/h3-8,12,15H,2,9,18H2,1H3. The Hall–Kier alpha value is -0.200. The van der Waals surface area contributed by atoms with Crippen LogP contribution < -0.4 is 5.73 Å². The molecule has 5 heteroatoms. The molecule has 0 radical (unpaired) electrons. The van der Waals surface area contributed by atoms with E-state index < -0.39 is 0 Å². The van der Waals surface area contributed by atoms with Crippen LogP contribution in [0.4, 0.5) is 0 Å². The van der Waals surface area contributed by atoms with Gasteiger partial charge in [0.1, 0.15) is 6.10 Å². The van der Waals surface area contributed by atoms with E-state index in [1.54, 1.807) is 11.3 Å². The second kappa shape index (κ2) is 7.71. The van der Waals surface area contributed by atoms with Gasteiger partial charge in [-0.25, -0.2) is 0 Å².